The summed E-state index contributed by atoms with van der Waals surface area (Å²) in [5.41, 5.74) is 18.0. The molecule has 178 valence electrons. The molecule has 9 heteroatoms. The number of aryl methyl sites for hydroxylation is 2. The summed E-state index contributed by atoms with van der Waals surface area (Å²) < 4.78 is 25.0. The van der Waals surface area contributed by atoms with Crippen LogP contribution in [0.25, 0.3) is 33.4 Å². The Morgan fingerprint density at radius 1 is 1.14 bits per heavy atom. The summed E-state index contributed by atoms with van der Waals surface area (Å²) in [6.07, 6.45) is 3.83. The molecule has 8 nitrogen and oxygen atoms in total. The van der Waals surface area contributed by atoms with Crippen molar-refractivity contribution >= 4 is 16.9 Å². The van der Waals surface area contributed by atoms with Crippen molar-refractivity contribution in [3.63, 3.8) is 0 Å². The number of nitrogens with zero attached hydrogens (tertiary/aromatic N) is 3. The minimum Gasteiger partial charge on any atom is -0.488 e. The van der Waals surface area contributed by atoms with Crippen molar-refractivity contribution in [2.24, 2.45) is 5.73 Å². The largest absolute Gasteiger partial charge is 0.488 e. The molecule has 5 N–H and O–H groups in total. The molecule has 4 aromatic heterocycles. The van der Waals surface area contributed by atoms with Gasteiger partial charge in [-0.25, -0.2) is 14.4 Å². The lowest BCUT2D eigenvalue weighted by atomic mass is 9.99. The van der Waals surface area contributed by atoms with E-state index in [4.69, 9.17) is 20.6 Å². The highest BCUT2D eigenvalue weighted by Crippen LogP contribution is 2.38. The Morgan fingerprint density at radius 3 is 2.77 bits per heavy atom. The number of hydrogen-bond donors (Lipinski definition) is 3. The Kier molecular flexibility index (Phi) is 5.92. The lowest BCUT2D eigenvalue weighted by Gasteiger charge is -2.17. The fourth-order valence-electron chi connectivity index (χ4n) is 4.08. The lowest BCUT2D eigenvalue weighted by molar-refractivity contribution is 0.288. The van der Waals surface area contributed by atoms with Crippen LogP contribution in [0.1, 0.15) is 17.0 Å². The number of nitrogens with one attached hydrogen (secondary N) is 1. The van der Waals surface area contributed by atoms with Gasteiger partial charge in [0, 0.05) is 34.3 Å². The van der Waals surface area contributed by atoms with E-state index in [1.165, 1.54) is 12.1 Å². The molecule has 0 aliphatic heterocycles. The number of rotatable bonds is 7. The van der Waals surface area contributed by atoms with E-state index in [1.807, 2.05) is 38.1 Å². The van der Waals surface area contributed by atoms with Crippen LogP contribution in [0.4, 0.5) is 10.2 Å². The normalized spacial score (nSPS) is 12.2. The van der Waals surface area contributed by atoms with Gasteiger partial charge in [0.15, 0.2) is 17.2 Å². The second-order valence-electron chi connectivity index (χ2n) is 8.49. The number of aromatic nitrogens is 4. The van der Waals surface area contributed by atoms with Crippen molar-refractivity contribution in [1.82, 2.24) is 20.2 Å². The van der Waals surface area contributed by atoms with Crippen LogP contribution >= 0.6 is 0 Å². The minimum atomic E-state index is -0.359. The number of pyridine rings is 2. The van der Waals surface area contributed by atoms with Gasteiger partial charge in [0.2, 0.25) is 0 Å². The molecule has 0 amide bonds. The van der Waals surface area contributed by atoms with Crippen LogP contribution in [0.15, 0.2) is 59.3 Å². The zero-order valence-electron chi connectivity index (χ0n) is 19.4. The SMILES string of the molecule is Cc1occc1-c1nc(N)c(OC[C@@H](N)Cc2cccc(F)c2)cc1-c1cnc2[nH]nc(C)c2c1. The highest BCUT2D eigenvalue weighted by atomic mass is 19.1. The molecule has 0 saturated carbocycles. The van der Waals surface area contributed by atoms with Crippen molar-refractivity contribution in [3.8, 4) is 28.1 Å². The maximum Gasteiger partial charge on any atom is 0.166 e. The van der Waals surface area contributed by atoms with Crippen LogP contribution in [0.2, 0.25) is 0 Å². The van der Waals surface area contributed by atoms with Crippen LogP contribution in [0.5, 0.6) is 5.75 Å². The molecule has 0 saturated heterocycles. The highest BCUT2D eigenvalue weighted by molar-refractivity contribution is 5.89. The second kappa shape index (κ2) is 9.19. The van der Waals surface area contributed by atoms with E-state index in [-0.39, 0.29) is 24.3 Å². The summed E-state index contributed by atoms with van der Waals surface area (Å²) in [4.78, 5) is 9.18. The second-order valence-corrected chi connectivity index (χ2v) is 8.49. The average Bonchev–Trinajstić information content (AvgIpc) is 3.43. The monoisotopic (exact) mass is 472 g/mol. The van der Waals surface area contributed by atoms with Crippen LogP contribution in [0.3, 0.4) is 0 Å². The zero-order valence-corrected chi connectivity index (χ0v) is 19.4. The Bertz CT molecular complexity index is 1510. The summed E-state index contributed by atoms with van der Waals surface area (Å²) in [6, 6.07) is 11.7. The maximum absolute atomic E-state index is 13.5. The van der Waals surface area contributed by atoms with Crippen molar-refractivity contribution in [2.45, 2.75) is 26.3 Å². The Labute approximate surface area is 201 Å². The number of benzene rings is 1. The van der Waals surface area contributed by atoms with Gasteiger partial charge in [0.05, 0.1) is 17.7 Å². The summed E-state index contributed by atoms with van der Waals surface area (Å²) in [5.74, 6) is 1.06. The van der Waals surface area contributed by atoms with Crippen LogP contribution in [0, 0.1) is 19.7 Å². The fraction of sp³-hybridized carbons (Fsp3) is 0.192. The van der Waals surface area contributed by atoms with Crippen LogP contribution < -0.4 is 16.2 Å². The molecule has 0 bridgehead atoms. The molecular weight excluding hydrogens is 447 g/mol. The average molecular weight is 473 g/mol. The number of H-pyrrole nitrogens is 1. The standard InChI is InChI=1S/C26H25FN6O2/c1-14-21-10-17(12-30-26(21)33-32-14)22-11-23(25(29)31-24(22)20-6-7-34-15(20)2)35-13-19(28)9-16-4-3-5-18(27)8-16/h3-8,10-12,19H,9,13,28H2,1-2H3,(H2,29,31)(H,30,32,33)/t19-/m0/s1. The van der Waals surface area contributed by atoms with Gasteiger partial charge < -0.3 is 20.6 Å². The van der Waals surface area contributed by atoms with Crippen molar-refractivity contribution in [3.05, 3.63) is 77.8 Å². The predicted octanol–water partition coefficient (Wildman–Crippen LogP) is 4.57. The van der Waals surface area contributed by atoms with Crippen molar-refractivity contribution in [1.29, 1.82) is 0 Å². The maximum atomic E-state index is 13.5. The molecule has 0 spiro atoms. The number of halogens is 1. The third-order valence-corrected chi connectivity index (χ3v) is 5.89. The number of furan rings is 1. The molecule has 5 aromatic rings. The number of nitrogens with two attached hydrogens (primary N) is 2. The third kappa shape index (κ3) is 4.58. The smallest absolute Gasteiger partial charge is 0.166 e. The van der Waals surface area contributed by atoms with Gasteiger partial charge in [-0.3, -0.25) is 5.10 Å². The van der Waals surface area contributed by atoms with Gasteiger partial charge in [-0.05, 0) is 56.2 Å². The number of nitrogen functional groups attached to an aromatic ring is 1. The number of anilines is 1. The molecule has 0 aliphatic rings. The van der Waals surface area contributed by atoms with E-state index < -0.39 is 0 Å². The first-order chi connectivity index (χ1) is 16.9. The van der Waals surface area contributed by atoms with Gasteiger partial charge in [0.25, 0.3) is 0 Å². The minimum absolute atomic E-state index is 0.185. The molecule has 35 heavy (non-hydrogen) atoms. The fourth-order valence-corrected chi connectivity index (χ4v) is 4.08. The molecule has 0 radical (unpaired) electrons. The predicted molar refractivity (Wildman–Crippen MR) is 132 cm³/mol. The summed E-state index contributed by atoms with van der Waals surface area (Å²) in [6.45, 7) is 3.97. The van der Waals surface area contributed by atoms with Crippen molar-refractivity contribution in [2.75, 3.05) is 12.3 Å². The zero-order chi connectivity index (χ0) is 24.5. The van der Waals surface area contributed by atoms with Gasteiger partial charge in [-0.2, -0.15) is 5.10 Å². The molecular formula is C26H25FN6O2. The van der Waals surface area contributed by atoms with Gasteiger partial charge in [-0.1, -0.05) is 12.1 Å². The molecule has 1 atom stereocenters. The first-order valence-corrected chi connectivity index (χ1v) is 11.2. The number of ether oxygens (including phenoxy) is 1. The molecule has 0 fully saturated rings. The summed E-state index contributed by atoms with van der Waals surface area (Å²) in [7, 11) is 0. The first-order valence-electron chi connectivity index (χ1n) is 11.2. The molecule has 1 aromatic carbocycles. The number of hydrogen-bond acceptors (Lipinski definition) is 7. The Balaban J connectivity index is 1.49. The molecule has 5 rings (SSSR count). The molecule has 4 heterocycles. The first kappa shape index (κ1) is 22.5. The summed E-state index contributed by atoms with van der Waals surface area (Å²) in [5, 5.41) is 8.07. The molecule has 0 unspecified atom stereocenters. The van der Waals surface area contributed by atoms with Gasteiger partial charge in [-0.15, -0.1) is 0 Å². The number of fused-ring (bicyclic) bond motifs is 1. The van der Waals surface area contributed by atoms with E-state index in [2.05, 4.69) is 20.2 Å². The van der Waals surface area contributed by atoms with Crippen LogP contribution in [-0.4, -0.2) is 32.8 Å². The molecule has 0 aliphatic carbocycles. The topological polar surface area (TPSA) is 129 Å². The van der Waals surface area contributed by atoms with E-state index in [1.54, 1.807) is 18.5 Å². The van der Waals surface area contributed by atoms with E-state index in [0.29, 0.717) is 23.5 Å². The van der Waals surface area contributed by atoms with Crippen molar-refractivity contribution < 1.29 is 13.5 Å². The van der Waals surface area contributed by atoms with E-state index in [0.717, 1.165) is 39.1 Å². The Hall–Kier alpha value is -4.24. The van der Waals surface area contributed by atoms with E-state index >= 15 is 0 Å². The van der Waals surface area contributed by atoms with Gasteiger partial charge in [0.1, 0.15) is 18.2 Å². The highest BCUT2D eigenvalue weighted by Gasteiger charge is 2.19. The third-order valence-electron chi connectivity index (χ3n) is 5.89. The Morgan fingerprint density at radius 2 is 2.00 bits per heavy atom. The van der Waals surface area contributed by atoms with E-state index in [9.17, 15) is 4.39 Å². The lowest BCUT2D eigenvalue weighted by Crippen LogP contribution is -2.30. The number of aromatic amines is 1. The van der Waals surface area contributed by atoms with Gasteiger partial charge >= 0.3 is 0 Å². The quantitative estimate of drug-likeness (QED) is 0.316. The summed E-state index contributed by atoms with van der Waals surface area (Å²) >= 11 is 0. The van der Waals surface area contributed by atoms with Crippen LogP contribution in [-0.2, 0) is 6.42 Å².